The molecule has 3 heterocycles. The van der Waals surface area contributed by atoms with Crippen molar-refractivity contribution in [2.45, 2.75) is 0 Å². The predicted molar refractivity (Wildman–Crippen MR) is 52.0 cm³/mol. The van der Waals surface area contributed by atoms with Crippen molar-refractivity contribution in [1.29, 1.82) is 0 Å². The molecule has 0 fully saturated rings. The van der Waals surface area contributed by atoms with Gasteiger partial charge >= 0.3 is 0 Å². The normalized spacial score (nSPS) is 11.1. The van der Waals surface area contributed by atoms with E-state index in [9.17, 15) is 4.79 Å². The van der Waals surface area contributed by atoms with Crippen LogP contribution >= 0.6 is 0 Å². The maximum absolute atomic E-state index is 11.5. The van der Waals surface area contributed by atoms with E-state index in [0.717, 1.165) is 5.52 Å². The van der Waals surface area contributed by atoms with Crippen LogP contribution in [0.4, 0.5) is 0 Å². The van der Waals surface area contributed by atoms with Crippen molar-refractivity contribution < 1.29 is 0 Å². The first-order valence-electron chi connectivity index (χ1n) is 4.16. The smallest absolute Gasteiger partial charge is 0.262 e. The van der Waals surface area contributed by atoms with Crippen LogP contribution in [0.15, 0.2) is 29.5 Å². The molecule has 0 amide bonds. The van der Waals surface area contributed by atoms with Crippen LogP contribution in [0.3, 0.4) is 0 Å². The Bertz CT molecular complexity index is 667. The molecule has 0 radical (unpaired) electrons. The molecule has 5 heteroatoms. The van der Waals surface area contributed by atoms with Gasteiger partial charge < -0.3 is 9.97 Å². The van der Waals surface area contributed by atoms with Gasteiger partial charge in [-0.2, -0.15) is 0 Å². The first-order valence-corrected chi connectivity index (χ1v) is 4.16. The summed E-state index contributed by atoms with van der Waals surface area (Å²) < 4.78 is 0. The molecule has 2 N–H and O–H groups in total. The summed E-state index contributed by atoms with van der Waals surface area (Å²) in [6.07, 6.45) is 3.03. The van der Waals surface area contributed by atoms with Crippen LogP contribution in [-0.2, 0) is 0 Å². The quantitative estimate of drug-likeness (QED) is 0.545. The highest BCUT2D eigenvalue weighted by Gasteiger charge is 2.08. The van der Waals surface area contributed by atoms with Gasteiger partial charge in [0.15, 0.2) is 0 Å². The lowest BCUT2D eigenvalue weighted by Gasteiger charge is -1.86. The van der Waals surface area contributed by atoms with E-state index in [-0.39, 0.29) is 5.56 Å². The second kappa shape index (κ2) is 2.41. The molecule has 0 saturated heterocycles. The van der Waals surface area contributed by atoms with Gasteiger partial charge in [-0.15, -0.1) is 0 Å². The van der Waals surface area contributed by atoms with Crippen LogP contribution in [-0.4, -0.2) is 19.9 Å². The monoisotopic (exact) mass is 186 g/mol. The maximum Gasteiger partial charge on any atom is 0.262 e. The van der Waals surface area contributed by atoms with Gasteiger partial charge in [0.1, 0.15) is 16.6 Å². The molecule has 3 aromatic heterocycles. The fourth-order valence-electron chi connectivity index (χ4n) is 1.55. The number of hydrogen-bond donors (Lipinski definition) is 2. The number of H-pyrrole nitrogens is 2. The zero-order valence-electron chi connectivity index (χ0n) is 7.11. The van der Waals surface area contributed by atoms with Crippen molar-refractivity contribution in [2.24, 2.45) is 0 Å². The summed E-state index contributed by atoms with van der Waals surface area (Å²) in [5, 5.41) is 0.517. The SMILES string of the molecule is O=c1[nH]cnc2[nH]c3cccnc3c12. The van der Waals surface area contributed by atoms with Crippen LogP contribution in [0.25, 0.3) is 22.1 Å². The Labute approximate surface area is 77.8 Å². The number of aromatic nitrogens is 4. The molecule has 0 atom stereocenters. The molecule has 0 unspecified atom stereocenters. The summed E-state index contributed by atoms with van der Waals surface area (Å²) in [6.45, 7) is 0. The summed E-state index contributed by atoms with van der Waals surface area (Å²) in [5.41, 5.74) is 1.89. The zero-order chi connectivity index (χ0) is 9.54. The van der Waals surface area contributed by atoms with Crippen molar-refractivity contribution in [3.05, 3.63) is 35.0 Å². The highest BCUT2D eigenvalue weighted by molar-refractivity contribution is 6.02. The van der Waals surface area contributed by atoms with Gasteiger partial charge in [0.05, 0.1) is 11.8 Å². The number of rotatable bonds is 0. The minimum atomic E-state index is -0.167. The van der Waals surface area contributed by atoms with Gasteiger partial charge in [0.25, 0.3) is 5.56 Å². The van der Waals surface area contributed by atoms with Gasteiger partial charge in [-0.25, -0.2) is 4.98 Å². The van der Waals surface area contributed by atoms with Crippen LogP contribution in [0.2, 0.25) is 0 Å². The van der Waals surface area contributed by atoms with Crippen molar-refractivity contribution >= 4 is 22.1 Å². The molecule has 14 heavy (non-hydrogen) atoms. The molecular weight excluding hydrogens is 180 g/mol. The molecule has 0 aromatic carbocycles. The topological polar surface area (TPSA) is 74.4 Å². The largest absolute Gasteiger partial charge is 0.338 e. The fourth-order valence-corrected chi connectivity index (χ4v) is 1.55. The Hall–Kier alpha value is -2.17. The minimum absolute atomic E-state index is 0.167. The van der Waals surface area contributed by atoms with E-state index in [2.05, 4.69) is 19.9 Å². The Morgan fingerprint density at radius 2 is 2.21 bits per heavy atom. The van der Waals surface area contributed by atoms with E-state index in [1.54, 1.807) is 6.20 Å². The standard InChI is InChI=1S/C9H6N4O/c14-9-6-7-5(2-1-3-10-7)13-8(6)11-4-12-9/h1-4H,(H2,11,12,13,14). The minimum Gasteiger partial charge on any atom is -0.338 e. The third-order valence-electron chi connectivity index (χ3n) is 2.15. The number of aromatic amines is 2. The van der Waals surface area contributed by atoms with Gasteiger partial charge in [-0.05, 0) is 12.1 Å². The average Bonchev–Trinajstić information content (AvgIpc) is 2.57. The first kappa shape index (κ1) is 7.25. The lowest BCUT2D eigenvalue weighted by molar-refractivity contribution is 1.16. The van der Waals surface area contributed by atoms with E-state index in [0.29, 0.717) is 16.6 Å². The number of nitrogens with one attached hydrogen (secondary N) is 2. The molecule has 0 aliphatic carbocycles. The van der Waals surface area contributed by atoms with Crippen molar-refractivity contribution in [1.82, 2.24) is 19.9 Å². The van der Waals surface area contributed by atoms with Crippen molar-refractivity contribution in [3.63, 3.8) is 0 Å². The third kappa shape index (κ3) is 0.806. The van der Waals surface area contributed by atoms with Crippen molar-refractivity contribution in [3.8, 4) is 0 Å². The molecule has 3 aromatic rings. The summed E-state index contributed by atoms with van der Waals surface area (Å²) in [6, 6.07) is 3.68. The third-order valence-corrected chi connectivity index (χ3v) is 2.15. The highest BCUT2D eigenvalue weighted by Crippen LogP contribution is 2.16. The average molecular weight is 186 g/mol. The molecule has 0 aliphatic heterocycles. The van der Waals surface area contributed by atoms with Gasteiger partial charge in [0, 0.05) is 6.20 Å². The second-order valence-electron chi connectivity index (χ2n) is 2.98. The number of pyridine rings is 1. The molecule has 5 nitrogen and oxygen atoms in total. The van der Waals surface area contributed by atoms with E-state index < -0.39 is 0 Å². The molecule has 0 saturated carbocycles. The number of nitrogens with zero attached hydrogens (tertiary/aromatic N) is 2. The molecule has 3 rings (SSSR count). The lowest BCUT2D eigenvalue weighted by atomic mass is 10.3. The second-order valence-corrected chi connectivity index (χ2v) is 2.98. The highest BCUT2D eigenvalue weighted by atomic mass is 16.1. The molecular formula is C9H6N4O. The lowest BCUT2D eigenvalue weighted by Crippen LogP contribution is -2.05. The van der Waals surface area contributed by atoms with Gasteiger partial charge in [-0.1, -0.05) is 0 Å². The van der Waals surface area contributed by atoms with Crippen LogP contribution < -0.4 is 5.56 Å². The van der Waals surface area contributed by atoms with E-state index in [1.165, 1.54) is 6.33 Å². The Morgan fingerprint density at radius 1 is 1.29 bits per heavy atom. The Kier molecular flexibility index (Phi) is 1.25. The number of fused-ring (bicyclic) bond motifs is 3. The van der Waals surface area contributed by atoms with Gasteiger partial charge in [-0.3, -0.25) is 9.78 Å². The molecule has 68 valence electrons. The van der Waals surface area contributed by atoms with E-state index >= 15 is 0 Å². The molecule has 0 aliphatic rings. The summed E-state index contributed by atoms with van der Waals surface area (Å²) >= 11 is 0. The van der Waals surface area contributed by atoms with Crippen LogP contribution in [0, 0.1) is 0 Å². The molecule has 0 bridgehead atoms. The summed E-state index contributed by atoms with van der Waals surface area (Å²) in [5.74, 6) is 0. The van der Waals surface area contributed by atoms with E-state index in [4.69, 9.17) is 0 Å². The van der Waals surface area contributed by atoms with Crippen molar-refractivity contribution in [2.75, 3.05) is 0 Å². The summed E-state index contributed by atoms with van der Waals surface area (Å²) in [7, 11) is 0. The molecule has 0 spiro atoms. The predicted octanol–water partition coefficient (Wildman–Crippen LogP) is 0.799. The van der Waals surface area contributed by atoms with Crippen LogP contribution in [0.5, 0.6) is 0 Å². The number of hydrogen-bond acceptors (Lipinski definition) is 3. The fraction of sp³-hybridized carbons (Fsp3) is 0. The first-order chi connectivity index (χ1) is 6.86. The summed E-state index contributed by atoms with van der Waals surface area (Å²) in [4.78, 5) is 25.2. The zero-order valence-corrected chi connectivity index (χ0v) is 7.11. The maximum atomic E-state index is 11.5. The Balaban J connectivity index is 2.73. The Morgan fingerprint density at radius 3 is 3.14 bits per heavy atom. The van der Waals surface area contributed by atoms with Gasteiger partial charge in [0.2, 0.25) is 0 Å². The van der Waals surface area contributed by atoms with Crippen LogP contribution in [0.1, 0.15) is 0 Å². The van der Waals surface area contributed by atoms with E-state index in [1.807, 2.05) is 12.1 Å².